The third kappa shape index (κ3) is 4.45. The maximum absolute atomic E-state index is 13.0. The second-order valence-corrected chi connectivity index (χ2v) is 9.21. The minimum Gasteiger partial charge on any atom is -0.497 e. The molecule has 0 aromatic heterocycles. The molecule has 0 atom stereocenters. The van der Waals surface area contributed by atoms with Crippen LogP contribution in [0.1, 0.15) is 15.9 Å². The Morgan fingerprint density at radius 1 is 0.903 bits per heavy atom. The first-order chi connectivity index (χ1) is 14.9. The van der Waals surface area contributed by atoms with Crippen molar-refractivity contribution >= 4 is 43.1 Å². The number of anilines is 1. The van der Waals surface area contributed by atoms with Crippen LogP contribution in [0.25, 0.3) is 0 Å². The van der Waals surface area contributed by atoms with Crippen molar-refractivity contribution in [2.75, 3.05) is 12.4 Å². The molecule has 4 rings (SSSR count). The summed E-state index contributed by atoms with van der Waals surface area (Å²) in [5, 5.41) is 3.06. The van der Waals surface area contributed by atoms with Gasteiger partial charge in [0, 0.05) is 21.3 Å². The second kappa shape index (κ2) is 8.49. The van der Waals surface area contributed by atoms with E-state index in [1.165, 1.54) is 18.2 Å². The fourth-order valence-electron chi connectivity index (χ4n) is 3.12. The quantitative estimate of drug-likeness (QED) is 0.546. The Morgan fingerprint density at radius 2 is 1.55 bits per heavy atom. The van der Waals surface area contributed by atoms with Gasteiger partial charge in [0.05, 0.1) is 23.4 Å². The van der Waals surface area contributed by atoms with Gasteiger partial charge in [0.2, 0.25) is 5.78 Å². The summed E-state index contributed by atoms with van der Waals surface area (Å²) < 4.78 is 35.7. The van der Waals surface area contributed by atoms with Crippen LogP contribution in [-0.2, 0) is 10.0 Å². The minimum absolute atomic E-state index is 0.0654. The first-order valence-corrected chi connectivity index (χ1v) is 11.5. The normalized spacial score (nSPS) is 14.7. The van der Waals surface area contributed by atoms with Crippen molar-refractivity contribution in [3.8, 4) is 5.75 Å². The number of Topliss-reactive ketones (excluding diaryl/α,β-unsaturated/α-hetero) is 1. The molecule has 0 bridgehead atoms. The van der Waals surface area contributed by atoms with Gasteiger partial charge in [-0.2, -0.15) is 12.8 Å². The van der Waals surface area contributed by atoms with Gasteiger partial charge in [-0.25, -0.2) is 0 Å². The fraction of sp³-hybridized carbons (Fsp3) is 0.0435. The van der Waals surface area contributed by atoms with Crippen molar-refractivity contribution in [2.45, 2.75) is 4.90 Å². The van der Waals surface area contributed by atoms with Crippen LogP contribution < -0.4 is 10.1 Å². The molecule has 0 unspecified atom stereocenters. The molecule has 0 saturated carbocycles. The molecule has 0 aliphatic heterocycles. The van der Waals surface area contributed by atoms with E-state index < -0.39 is 10.0 Å². The topological polar surface area (TPSA) is 84.8 Å². The fourth-order valence-corrected chi connectivity index (χ4v) is 4.38. The number of fused-ring (bicyclic) bond motifs is 1. The predicted octanol–water partition coefficient (Wildman–Crippen LogP) is 4.83. The summed E-state index contributed by atoms with van der Waals surface area (Å²) in [6, 6.07) is 20.1. The highest BCUT2D eigenvalue weighted by atomic mass is 79.9. The molecule has 0 spiro atoms. The van der Waals surface area contributed by atoms with Gasteiger partial charge in [0.25, 0.3) is 10.0 Å². The number of ketones is 1. The van der Waals surface area contributed by atoms with Crippen LogP contribution in [0.3, 0.4) is 0 Å². The number of hydrogen-bond acceptors (Lipinski definition) is 5. The number of carbonyl (C=O) groups excluding carboxylic acids is 1. The lowest BCUT2D eigenvalue weighted by Crippen LogP contribution is -2.22. The molecule has 156 valence electrons. The van der Waals surface area contributed by atoms with Gasteiger partial charge >= 0.3 is 0 Å². The highest BCUT2D eigenvalue weighted by molar-refractivity contribution is 9.10. The molecule has 0 amide bonds. The number of methoxy groups -OCH3 is 1. The Morgan fingerprint density at radius 3 is 2.19 bits per heavy atom. The zero-order valence-corrected chi connectivity index (χ0v) is 18.8. The molecule has 0 fully saturated rings. The van der Waals surface area contributed by atoms with Gasteiger partial charge in [-0.05, 0) is 54.6 Å². The van der Waals surface area contributed by atoms with Crippen molar-refractivity contribution in [2.24, 2.45) is 4.40 Å². The number of ether oxygens (including phenoxy) is 1. The molecule has 0 heterocycles. The van der Waals surface area contributed by atoms with E-state index in [1.807, 2.05) is 0 Å². The van der Waals surface area contributed by atoms with E-state index in [1.54, 1.807) is 67.8 Å². The summed E-state index contributed by atoms with van der Waals surface area (Å²) in [7, 11) is -2.40. The van der Waals surface area contributed by atoms with E-state index in [-0.39, 0.29) is 22.1 Å². The number of nitrogens with one attached hydrogen (secondary N) is 1. The summed E-state index contributed by atoms with van der Waals surface area (Å²) in [5.74, 6) is 0.439. The third-order valence-electron chi connectivity index (χ3n) is 4.67. The Hall–Kier alpha value is -3.23. The molecule has 8 heteroatoms. The standard InChI is InChI=1S/C23H17BrN2O4S/c1-30-17-10-8-16(9-11-17)25-22-14-21(19-4-2-3-5-20(19)23(22)27)26-31(28,29)18-12-6-15(24)7-13-18/h2-14,25H,1H3/b26-21-. The predicted molar refractivity (Wildman–Crippen MR) is 123 cm³/mol. The van der Waals surface area contributed by atoms with E-state index >= 15 is 0 Å². The number of benzene rings is 3. The van der Waals surface area contributed by atoms with E-state index in [2.05, 4.69) is 25.6 Å². The lowest BCUT2D eigenvalue weighted by molar-refractivity contribution is 0.103. The Labute approximate surface area is 188 Å². The van der Waals surface area contributed by atoms with E-state index in [0.29, 0.717) is 22.6 Å². The van der Waals surface area contributed by atoms with Crippen LogP contribution in [0.15, 0.2) is 98.3 Å². The van der Waals surface area contributed by atoms with Crippen molar-refractivity contribution in [3.63, 3.8) is 0 Å². The van der Waals surface area contributed by atoms with Crippen LogP contribution >= 0.6 is 15.9 Å². The summed E-state index contributed by atoms with van der Waals surface area (Å²) in [6.45, 7) is 0. The SMILES string of the molecule is COc1ccc(NC2=C/C(=N/S(=O)(=O)c3ccc(Br)cc3)c3ccccc3C2=O)cc1. The average Bonchev–Trinajstić information content (AvgIpc) is 2.77. The van der Waals surface area contributed by atoms with E-state index in [9.17, 15) is 13.2 Å². The average molecular weight is 497 g/mol. The molecule has 1 aliphatic rings. The molecule has 0 radical (unpaired) electrons. The third-order valence-corrected chi connectivity index (χ3v) is 6.51. The van der Waals surface area contributed by atoms with Gasteiger partial charge in [0.15, 0.2) is 0 Å². The lowest BCUT2D eigenvalue weighted by atomic mass is 9.92. The summed E-state index contributed by atoms with van der Waals surface area (Å²) in [5.41, 5.74) is 1.93. The first-order valence-electron chi connectivity index (χ1n) is 9.25. The van der Waals surface area contributed by atoms with Crippen molar-refractivity contribution in [3.05, 3.63) is 100 Å². The maximum atomic E-state index is 13.0. The van der Waals surface area contributed by atoms with Crippen LogP contribution in [0.5, 0.6) is 5.75 Å². The Kier molecular flexibility index (Phi) is 5.75. The molecular weight excluding hydrogens is 480 g/mol. The number of sulfonamides is 1. The lowest BCUT2D eigenvalue weighted by Gasteiger charge is -2.19. The van der Waals surface area contributed by atoms with Crippen molar-refractivity contribution < 1.29 is 17.9 Å². The molecule has 3 aromatic carbocycles. The number of nitrogens with zero attached hydrogens (tertiary/aromatic N) is 1. The zero-order chi connectivity index (χ0) is 22.0. The van der Waals surface area contributed by atoms with Crippen LogP contribution in [-0.4, -0.2) is 27.0 Å². The molecule has 31 heavy (non-hydrogen) atoms. The highest BCUT2D eigenvalue weighted by Crippen LogP contribution is 2.26. The number of rotatable bonds is 5. The van der Waals surface area contributed by atoms with Gasteiger partial charge in [-0.1, -0.05) is 40.2 Å². The largest absolute Gasteiger partial charge is 0.497 e. The monoisotopic (exact) mass is 496 g/mol. The van der Waals surface area contributed by atoms with E-state index in [4.69, 9.17) is 4.74 Å². The van der Waals surface area contributed by atoms with Crippen LogP contribution in [0, 0.1) is 0 Å². The molecule has 3 aromatic rings. The Balaban J connectivity index is 1.77. The van der Waals surface area contributed by atoms with Gasteiger partial charge in [-0.3, -0.25) is 4.79 Å². The van der Waals surface area contributed by atoms with E-state index in [0.717, 1.165) is 4.47 Å². The second-order valence-electron chi connectivity index (χ2n) is 6.69. The molecular formula is C23H17BrN2O4S. The van der Waals surface area contributed by atoms with Gasteiger partial charge < -0.3 is 10.1 Å². The van der Waals surface area contributed by atoms with Crippen molar-refractivity contribution in [1.29, 1.82) is 0 Å². The number of allylic oxidation sites excluding steroid dienone is 2. The van der Waals surface area contributed by atoms with Gasteiger partial charge in [0.1, 0.15) is 5.75 Å². The smallest absolute Gasteiger partial charge is 0.282 e. The molecule has 1 N–H and O–H groups in total. The summed E-state index contributed by atoms with van der Waals surface area (Å²) in [4.78, 5) is 13.1. The van der Waals surface area contributed by atoms with Crippen molar-refractivity contribution in [1.82, 2.24) is 0 Å². The summed E-state index contributed by atoms with van der Waals surface area (Å²) in [6.07, 6.45) is 1.46. The maximum Gasteiger partial charge on any atom is 0.282 e. The number of carbonyl (C=O) groups is 1. The molecule has 1 aliphatic carbocycles. The molecule has 0 saturated heterocycles. The molecule has 6 nitrogen and oxygen atoms in total. The zero-order valence-electron chi connectivity index (χ0n) is 16.4. The first kappa shape index (κ1) is 21.0. The Bertz CT molecular complexity index is 1310. The van der Waals surface area contributed by atoms with Crippen LogP contribution in [0.2, 0.25) is 0 Å². The minimum atomic E-state index is -3.98. The number of hydrogen-bond donors (Lipinski definition) is 1. The summed E-state index contributed by atoms with van der Waals surface area (Å²) >= 11 is 3.29. The van der Waals surface area contributed by atoms with Gasteiger partial charge in [-0.15, -0.1) is 0 Å². The highest BCUT2D eigenvalue weighted by Gasteiger charge is 2.26. The van der Waals surface area contributed by atoms with Crippen LogP contribution in [0.4, 0.5) is 5.69 Å². The number of halogens is 1.